The molecule has 0 spiro atoms. The van der Waals surface area contributed by atoms with Crippen LogP contribution in [0.5, 0.6) is 0 Å². The van der Waals surface area contributed by atoms with Crippen molar-refractivity contribution in [1.29, 1.82) is 0 Å². The van der Waals surface area contributed by atoms with Crippen LogP contribution >= 0.6 is 0 Å². The molecule has 0 radical (unpaired) electrons. The van der Waals surface area contributed by atoms with Crippen molar-refractivity contribution in [1.82, 2.24) is 10.2 Å². The standard InChI is InChI=1S/C20H30N4O3.C7H8/c1-22-17-8-6-15(7-9-17)5-3-2-4-10-23-12-19(26)24-13-16(14-25)11-18(24)20(21)27;1-7-5-3-2-4-6-7/h6-9,14,16,18,22-23H,2-5,10-13H2,1H3,(H2,21,27);2-6H,1H3. The van der Waals surface area contributed by atoms with E-state index in [4.69, 9.17) is 5.73 Å². The molecule has 1 saturated heterocycles. The number of aryl methyl sites for hydroxylation is 2. The first-order valence-electron chi connectivity index (χ1n) is 12.0. The number of benzene rings is 2. The second kappa shape index (κ2) is 14.9. The number of unbranched alkanes of at least 4 members (excludes halogenated alkanes) is 2. The SMILES string of the molecule is CNc1ccc(CCCCCNCC(=O)N2CC(C=O)CC2C(N)=O)cc1.Cc1ccccc1. The quantitative estimate of drug-likeness (QED) is 0.349. The number of hydrogen-bond donors (Lipinski definition) is 3. The number of nitrogens with two attached hydrogens (primary N) is 1. The molecule has 34 heavy (non-hydrogen) atoms. The Morgan fingerprint density at radius 1 is 1.06 bits per heavy atom. The van der Waals surface area contributed by atoms with E-state index >= 15 is 0 Å². The van der Waals surface area contributed by atoms with Crippen molar-refractivity contribution in [3.05, 3.63) is 65.7 Å². The van der Waals surface area contributed by atoms with Gasteiger partial charge in [-0.3, -0.25) is 9.59 Å². The largest absolute Gasteiger partial charge is 0.388 e. The van der Waals surface area contributed by atoms with Crippen LogP contribution in [0.25, 0.3) is 0 Å². The number of likely N-dealkylation sites (tertiary alicyclic amines) is 1. The fourth-order valence-electron chi connectivity index (χ4n) is 3.94. The molecule has 1 aliphatic rings. The molecule has 2 unspecified atom stereocenters. The lowest BCUT2D eigenvalue weighted by Gasteiger charge is -2.22. The first-order valence-corrected chi connectivity index (χ1v) is 12.0. The highest BCUT2D eigenvalue weighted by molar-refractivity contribution is 5.88. The Kier molecular flexibility index (Phi) is 11.8. The summed E-state index contributed by atoms with van der Waals surface area (Å²) in [6.45, 7) is 3.28. The van der Waals surface area contributed by atoms with E-state index in [1.807, 2.05) is 25.2 Å². The number of aldehydes is 1. The average molecular weight is 467 g/mol. The number of nitrogens with zero attached hydrogens (tertiary/aromatic N) is 1. The van der Waals surface area contributed by atoms with Gasteiger partial charge in [0.1, 0.15) is 12.3 Å². The van der Waals surface area contributed by atoms with E-state index in [-0.39, 0.29) is 24.9 Å². The summed E-state index contributed by atoms with van der Waals surface area (Å²) in [5.74, 6) is -1.02. The molecule has 4 N–H and O–H groups in total. The molecule has 7 heteroatoms. The number of carbonyl (C=O) groups is 3. The van der Waals surface area contributed by atoms with Crippen molar-refractivity contribution in [2.45, 2.75) is 45.1 Å². The van der Waals surface area contributed by atoms with Crippen molar-refractivity contribution >= 4 is 23.8 Å². The maximum absolute atomic E-state index is 12.3. The highest BCUT2D eigenvalue weighted by Gasteiger charge is 2.37. The Morgan fingerprint density at radius 3 is 2.32 bits per heavy atom. The molecule has 0 aromatic heterocycles. The third-order valence-electron chi connectivity index (χ3n) is 5.95. The van der Waals surface area contributed by atoms with Gasteiger partial charge in [0.2, 0.25) is 11.8 Å². The molecule has 0 aliphatic carbocycles. The van der Waals surface area contributed by atoms with Gasteiger partial charge in [-0.15, -0.1) is 0 Å². The van der Waals surface area contributed by atoms with E-state index < -0.39 is 11.9 Å². The van der Waals surface area contributed by atoms with Crippen LogP contribution in [0.2, 0.25) is 0 Å². The van der Waals surface area contributed by atoms with E-state index in [0.29, 0.717) is 6.42 Å². The number of anilines is 1. The zero-order chi connectivity index (χ0) is 24.8. The maximum atomic E-state index is 12.3. The van der Waals surface area contributed by atoms with Crippen molar-refractivity contribution in [3.8, 4) is 0 Å². The second-order valence-electron chi connectivity index (χ2n) is 8.69. The summed E-state index contributed by atoms with van der Waals surface area (Å²) in [4.78, 5) is 36.1. The molecule has 2 aromatic carbocycles. The smallest absolute Gasteiger partial charge is 0.240 e. The van der Waals surface area contributed by atoms with Crippen LogP contribution in [-0.2, 0) is 20.8 Å². The van der Waals surface area contributed by atoms with Gasteiger partial charge in [0.25, 0.3) is 0 Å². The summed E-state index contributed by atoms with van der Waals surface area (Å²) >= 11 is 0. The lowest BCUT2D eigenvalue weighted by Crippen LogP contribution is -2.47. The molecule has 1 fully saturated rings. The lowest BCUT2D eigenvalue weighted by atomic mass is 10.1. The van der Waals surface area contributed by atoms with Gasteiger partial charge in [0, 0.05) is 25.2 Å². The minimum Gasteiger partial charge on any atom is -0.388 e. The lowest BCUT2D eigenvalue weighted by molar-refractivity contribution is -0.136. The molecule has 7 nitrogen and oxygen atoms in total. The minimum atomic E-state index is -0.663. The number of carbonyl (C=O) groups excluding carboxylic acids is 3. The highest BCUT2D eigenvalue weighted by Crippen LogP contribution is 2.21. The van der Waals surface area contributed by atoms with Crippen LogP contribution in [0.4, 0.5) is 5.69 Å². The molecule has 1 heterocycles. The van der Waals surface area contributed by atoms with Crippen LogP contribution in [0, 0.1) is 12.8 Å². The topological polar surface area (TPSA) is 105 Å². The summed E-state index contributed by atoms with van der Waals surface area (Å²) in [7, 11) is 1.91. The summed E-state index contributed by atoms with van der Waals surface area (Å²) in [5.41, 5.74) is 9.11. The van der Waals surface area contributed by atoms with Crippen molar-refractivity contribution in [2.75, 3.05) is 32.0 Å². The van der Waals surface area contributed by atoms with Gasteiger partial charge < -0.3 is 26.1 Å². The van der Waals surface area contributed by atoms with Crippen LogP contribution in [0.3, 0.4) is 0 Å². The van der Waals surface area contributed by atoms with E-state index in [1.54, 1.807) is 0 Å². The van der Waals surface area contributed by atoms with Crippen LogP contribution < -0.4 is 16.4 Å². The first kappa shape index (κ1) is 27.1. The monoisotopic (exact) mass is 466 g/mol. The number of rotatable bonds is 11. The molecule has 2 amide bonds. The molecule has 2 atom stereocenters. The Labute approximate surface area is 203 Å². The van der Waals surface area contributed by atoms with Gasteiger partial charge in [-0.1, -0.05) is 54.4 Å². The summed E-state index contributed by atoms with van der Waals surface area (Å²) < 4.78 is 0. The summed E-state index contributed by atoms with van der Waals surface area (Å²) in [6.07, 6.45) is 5.34. The highest BCUT2D eigenvalue weighted by atomic mass is 16.2. The molecular formula is C27H38N4O3. The van der Waals surface area contributed by atoms with Crippen LogP contribution in [0.1, 0.15) is 36.8 Å². The molecule has 0 bridgehead atoms. The van der Waals surface area contributed by atoms with Crippen molar-refractivity contribution < 1.29 is 14.4 Å². The Balaban J connectivity index is 0.000000497. The minimum absolute atomic E-state index is 0.167. The molecular weight excluding hydrogens is 428 g/mol. The van der Waals surface area contributed by atoms with E-state index in [2.05, 4.69) is 54.0 Å². The number of nitrogens with one attached hydrogen (secondary N) is 2. The fourth-order valence-corrected chi connectivity index (χ4v) is 3.94. The van der Waals surface area contributed by atoms with Gasteiger partial charge in [0.15, 0.2) is 0 Å². The molecule has 1 aliphatic heterocycles. The van der Waals surface area contributed by atoms with Gasteiger partial charge in [-0.2, -0.15) is 0 Å². The first-order chi connectivity index (χ1) is 16.4. The maximum Gasteiger partial charge on any atom is 0.240 e. The summed E-state index contributed by atoms with van der Waals surface area (Å²) in [5, 5.41) is 6.23. The molecule has 184 valence electrons. The number of hydrogen-bond acceptors (Lipinski definition) is 5. The predicted molar refractivity (Wildman–Crippen MR) is 136 cm³/mol. The van der Waals surface area contributed by atoms with E-state index in [9.17, 15) is 14.4 Å². The van der Waals surface area contributed by atoms with Gasteiger partial charge in [-0.25, -0.2) is 0 Å². The predicted octanol–water partition coefficient (Wildman–Crippen LogP) is 2.93. The van der Waals surface area contributed by atoms with Crippen molar-refractivity contribution in [3.63, 3.8) is 0 Å². The number of primary amides is 1. The van der Waals surface area contributed by atoms with E-state index in [1.165, 1.54) is 16.0 Å². The van der Waals surface area contributed by atoms with Crippen LogP contribution in [0.15, 0.2) is 54.6 Å². The van der Waals surface area contributed by atoms with Crippen LogP contribution in [-0.4, -0.2) is 55.7 Å². The van der Waals surface area contributed by atoms with Crippen molar-refractivity contribution in [2.24, 2.45) is 11.7 Å². The fraction of sp³-hybridized carbons (Fsp3) is 0.444. The van der Waals surface area contributed by atoms with E-state index in [0.717, 1.165) is 44.2 Å². The average Bonchev–Trinajstić information content (AvgIpc) is 3.30. The third-order valence-corrected chi connectivity index (χ3v) is 5.95. The molecule has 0 saturated carbocycles. The van der Waals surface area contributed by atoms with Gasteiger partial charge >= 0.3 is 0 Å². The van der Waals surface area contributed by atoms with Gasteiger partial charge in [0.05, 0.1) is 6.54 Å². The molecule has 3 rings (SSSR count). The Hall–Kier alpha value is -3.19. The zero-order valence-corrected chi connectivity index (χ0v) is 20.3. The molecule has 2 aromatic rings. The third kappa shape index (κ3) is 9.35. The number of amides is 2. The zero-order valence-electron chi connectivity index (χ0n) is 20.3. The summed E-state index contributed by atoms with van der Waals surface area (Å²) in [6, 6.07) is 18.0. The second-order valence-corrected chi connectivity index (χ2v) is 8.69. The van der Waals surface area contributed by atoms with Gasteiger partial charge in [-0.05, 0) is 56.8 Å². The Bertz CT molecular complexity index is 887. The normalized spacial score (nSPS) is 16.9. The Morgan fingerprint density at radius 2 is 1.76 bits per heavy atom.